The summed E-state index contributed by atoms with van der Waals surface area (Å²) in [5, 5.41) is 4.58. The molecular weight excluding hydrogens is 224 g/mol. The van der Waals surface area contributed by atoms with Crippen LogP contribution in [-0.4, -0.2) is 14.6 Å². The monoisotopic (exact) mass is 232 g/mol. The minimum atomic E-state index is 0.453. The van der Waals surface area contributed by atoms with Crippen molar-refractivity contribution in [2.75, 3.05) is 0 Å². The molecule has 5 heteroatoms. The molecule has 3 rings (SSSR count). The van der Waals surface area contributed by atoms with Gasteiger partial charge in [0.25, 0.3) is 0 Å². The van der Waals surface area contributed by atoms with E-state index in [1.54, 1.807) is 10.6 Å². The fourth-order valence-electron chi connectivity index (χ4n) is 1.73. The van der Waals surface area contributed by atoms with Crippen molar-refractivity contribution >= 4 is 22.8 Å². The van der Waals surface area contributed by atoms with Crippen molar-refractivity contribution in [3.05, 3.63) is 47.0 Å². The first kappa shape index (κ1) is 9.42. The summed E-state index contributed by atoms with van der Waals surface area (Å²) in [6, 6.07) is 3.56. The van der Waals surface area contributed by atoms with Gasteiger partial charge in [0.05, 0.1) is 11.9 Å². The lowest BCUT2D eigenvalue weighted by atomic mass is 10.2. The van der Waals surface area contributed by atoms with Crippen molar-refractivity contribution in [1.82, 2.24) is 14.6 Å². The summed E-state index contributed by atoms with van der Waals surface area (Å²) in [7, 11) is 0. The van der Waals surface area contributed by atoms with Gasteiger partial charge in [0.2, 0.25) is 0 Å². The Hall–Kier alpha value is -1.81. The van der Waals surface area contributed by atoms with E-state index < -0.39 is 0 Å². The molecule has 0 amide bonds. The van der Waals surface area contributed by atoms with Gasteiger partial charge in [0.1, 0.15) is 5.15 Å². The van der Waals surface area contributed by atoms with Crippen LogP contribution >= 0.6 is 11.6 Å². The van der Waals surface area contributed by atoms with Crippen molar-refractivity contribution in [3.8, 4) is 0 Å². The first-order valence-corrected chi connectivity index (χ1v) is 5.28. The minimum absolute atomic E-state index is 0.453. The summed E-state index contributed by atoms with van der Waals surface area (Å²) in [5.74, 6) is 0. The Labute approximate surface area is 97.0 Å². The van der Waals surface area contributed by atoms with Gasteiger partial charge in [-0.05, 0) is 23.8 Å². The third kappa shape index (κ3) is 1.47. The molecule has 0 bridgehead atoms. The second-order valence-electron chi connectivity index (χ2n) is 3.70. The number of halogens is 1. The zero-order valence-electron chi connectivity index (χ0n) is 8.39. The van der Waals surface area contributed by atoms with E-state index in [1.807, 2.05) is 24.4 Å². The average Bonchev–Trinajstić information content (AvgIpc) is 2.83. The van der Waals surface area contributed by atoms with E-state index in [0.717, 1.165) is 29.0 Å². The van der Waals surface area contributed by atoms with Crippen LogP contribution < -0.4 is 5.73 Å². The van der Waals surface area contributed by atoms with Crippen molar-refractivity contribution in [2.24, 2.45) is 5.73 Å². The first-order valence-electron chi connectivity index (χ1n) is 4.90. The lowest BCUT2D eigenvalue weighted by Gasteiger charge is -1.95. The van der Waals surface area contributed by atoms with Crippen molar-refractivity contribution in [3.63, 3.8) is 0 Å². The fourth-order valence-corrected chi connectivity index (χ4v) is 1.88. The zero-order valence-corrected chi connectivity index (χ0v) is 9.15. The van der Waals surface area contributed by atoms with Gasteiger partial charge in [0.15, 0.2) is 5.65 Å². The van der Waals surface area contributed by atoms with Crippen LogP contribution in [0.4, 0.5) is 0 Å². The summed E-state index contributed by atoms with van der Waals surface area (Å²) < 4.78 is 1.67. The van der Waals surface area contributed by atoms with E-state index in [0.29, 0.717) is 5.15 Å². The molecule has 0 saturated heterocycles. The van der Waals surface area contributed by atoms with Crippen LogP contribution in [0.2, 0.25) is 5.15 Å². The predicted molar refractivity (Wildman–Crippen MR) is 62.9 cm³/mol. The molecule has 80 valence electrons. The molecule has 0 radical (unpaired) electrons. The summed E-state index contributed by atoms with van der Waals surface area (Å²) in [4.78, 5) is 4.45. The zero-order chi connectivity index (χ0) is 11.1. The molecule has 0 fully saturated rings. The molecule has 0 aliphatic heterocycles. The number of fused-ring (bicyclic) bond motifs is 1. The highest BCUT2D eigenvalue weighted by Crippen LogP contribution is 2.25. The fraction of sp³-hybridized carbons (Fsp3) is 0.0909. The number of nitrogens with two attached hydrogens (primary N) is 1. The van der Waals surface area contributed by atoms with E-state index in [4.69, 9.17) is 17.3 Å². The second kappa shape index (κ2) is 3.35. The summed E-state index contributed by atoms with van der Waals surface area (Å²) in [5.41, 5.74) is 9.37. The molecule has 2 aromatic rings. The lowest BCUT2D eigenvalue weighted by Crippen LogP contribution is -1.93. The molecule has 2 N–H and O–H groups in total. The van der Waals surface area contributed by atoms with Crippen molar-refractivity contribution in [2.45, 2.75) is 6.42 Å². The molecule has 0 saturated carbocycles. The highest BCUT2D eigenvalue weighted by Gasteiger charge is 2.11. The Morgan fingerprint density at radius 1 is 1.31 bits per heavy atom. The van der Waals surface area contributed by atoms with E-state index in [9.17, 15) is 0 Å². The number of hydrogen-bond donors (Lipinski definition) is 1. The number of rotatable bonds is 1. The topological polar surface area (TPSA) is 56.2 Å². The van der Waals surface area contributed by atoms with Gasteiger partial charge >= 0.3 is 0 Å². The third-order valence-corrected chi connectivity index (χ3v) is 2.71. The van der Waals surface area contributed by atoms with Crippen LogP contribution in [0, 0.1) is 0 Å². The Balaban J connectivity index is 2.06. The number of aromatic nitrogens is 3. The van der Waals surface area contributed by atoms with E-state index in [-0.39, 0.29) is 0 Å². The highest BCUT2D eigenvalue weighted by molar-refractivity contribution is 6.29. The van der Waals surface area contributed by atoms with Crippen molar-refractivity contribution in [1.29, 1.82) is 0 Å². The molecule has 2 aromatic heterocycles. The van der Waals surface area contributed by atoms with Gasteiger partial charge in [-0.2, -0.15) is 5.10 Å². The standard InChI is InChI=1S/C11H9ClN4/c12-10-3-4-11-14-9(6-16(11)15-10)7-1-2-8(13)5-7/h1-4,6H,5,13H2. The lowest BCUT2D eigenvalue weighted by molar-refractivity contribution is 0.936. The number of imidazole rings is 1. The van der Waals surface area contributed by atoms with Crippen LogP contribution in [0.15, 0.2) is 36.2 Å². The molecule has 0 aromatic carbocycles. The van der Waals surface area contributed by atoms with Crippen LogP contribution in [0.3, 0.4) is 0 Å². The number of hydrogen-bond acceptors (Lipinski definition) is 3. The third-order valence-electron chi connectivity index (χ3n) is 2.51. The molecule has 0 unspecified atom stereocenters. The van der Waals surface area contributed by atoms with Gasteiger partial charge in [0, 0.05) is 12.1 Å². The van der Waals surface area contributed by atoms with E-state index >= 15 is 0 Å². The Kier molecular flexibility index (Phi) is 1.97. The van der Waals surface area contributed by atoms with Gasteiger partial charge < -0.3 is 5.73 Å². The molecule has 16 heavy (non-hydrogen) atoms. The van der Waals surface area contributed by atoms with Crippen LogP contribution in [0.25, 0.3) is 11.2 Å². The van der Waals surface area contributed by atoms with Gasteiger partial charge in [-0.15, -0.1) is 0 Å². The average molecular weight is 233 g/mol. The molecular formula is C11H9ClN4. The largest absolute Gasteiger partial charge is 0.402 e. The Bertz CT molecular complexity index is 624. The normalized spacial score (nSPS) is 15.3. The van der Waals surface area contributed by atoms with Crippen molar-refractivity contribution < 1.29 is 0 Å². The first-order chi connectivity index (χ1) is 7.72. The van der Waals surface area contributed by atoms with Crippen LogP contribution in [0.5, 0.6) is 0 Å². The summed E-state index contributed by atoms with van der Waals surface area (Å²) >= 11 is 5.81. The maximum Gasteiger partial charge on any atom is 0.154 e. The number of allylic oxidation sites excluding steroid dienone is 3. The molecule has 1 aliphatic rings. The molecule has 1 aliphatic carbocycles. The molecule has 2 heterocycles. The SMILES string of the molecule is NC1=CC=C(c2cn3nc(Cl)ccc3n2)C1. The maximum atomic E-state index is 5.81. The van der Waals surface area contributed by atoms with Gasteiger partial charge in [-0.1, -0.05) is 17.7 Å². The number of nitrogens with zero attached hydrogens (tertiary/aromatic N) is 3. The Morgan fingerprint density at radius 3 is 2.94 bits per heavy atom. The minimum Gasteiger partial charge on any atom is -0.402 e. The maximum absolute atomic E-state index is 5.81. The second-order valence-corrected chi connectivity index (χ2v) is 4.08. The van der Waals surface area contributed by atoms with E-state index in [1.165, 1.54) is 0 Å². The molecule has 0 spiro atoms. The molecule has 0 atom stereocenters. The molecule has 4 nitrogen and oxygen atoms in total. The quantitative estimate of drug-likeness (QED) is 0.818. The smallest absolute Gasteiger partial charge is 0.154 e. The van der Waals surface area contributed by atoms with E-state index in [2.05, 4.69) is 10.1 Å². The van der Waals surface area contributed by atoms with Gasteiger partial charge in [-0.25, -0.2) is 9.50 Å². The summed E-state index contributed by atoms with van der Waals surface area (Å²) in [6.45, 7) is 0. The predicted octanol–water partition coefficient (Wildman–Crippen LogP) is 2.01. The highest BCUT2D eigenvalue weighted by atomic mass is 35.5. The van der Waals surface area contributed by atoms with Crippen LogP contribution in [-0.2, 0) is 0 Å². The summed E-state index contributed by atoms with van der Waals surface area (Å²) in [6.07, 6.45) is 6.50. The van der Waals surface area contributed by atoms with Crippen LogP contribution in [0.1, 0.15) is 12.1 Å². The Morgan fingerprint density at radius 2 is 2.19 bits per heavy atom. The van der Waals surface area contributed by atoms with Gasteiger partial charge in [-0.3, -0.25) is 0 Å².